The van der Waals surface area contributed by atoms with Crippen molar-refractivity contribution in [2.24, 2.45) is 0 Å². The largest absolute Gasteiger partial charge is 0.416 e. The molecule has 130 valence electrons. The number of anilines is 1. The molecular weight excluding hydrogens is 362 g/mol. The smallest absolute Gasteiger partial charge is 0.277 e. The molecule has 10 heteroatoms. The third-order valence-corrected chi connectivity index (χ3v) is 4.69. The molecule has 1 heterocycles. The maximum atomic E-state index is 13.9. The van der Waals surface area contributed by atoms with Crippen molar-refractivity contribution in [1.29, 1.82) is 0 Å². The topological polar surface area (TPSA) is 72.0 Å². The van der Waals surface area contributed by atoms with Crippen LogP contribution in [-0.4, -0.2) is 18.4 Å². The zero-order valence-electron chi connectivity index (χ0n) is 12.2. The summed E-state index contributed by atoms with van der Waals surface area (Å²) < 4.78 is 78.5. The molecule has 0 fully saturated rings. The Kier molecular flexibility index (Phi) is 4.07. The maximum Gasteiger partial charge on any atom is 0.416 e. The average Bonchev–Trinajstić information content (AvgIpc) is 2.54. The SMILES string of the molecule is O=S(=O)(Nc1cccc2nccnc12)c1ccc(C(F)(F)F)cc1F. The molecule has 0 atom stereocenters. The second-order valence-electron chi connectivity index (χ2n) is 4.98. The number of nitrogens with one attached hydrogen (secondary N) is 1. The van der Waals surface area contributed by atoms with Gasteiger partial charge in [0.2, 0.25) is 0 Å². The number of para-hydroxylation sites is 1. The van der Waals surface area contributed by atoms with Crippen LogP contribution in [0.1, 0.15) is 5.56 Å². The number of hydrogen-bond acceptors (Lipinski definition) is 4. The van der Waals surface area contributed by atoms with Crippen LogP contribution in [0.5, 0.6) is 0 Å². The molecule has 2 aromatic carbocycles. The van der Waals surface area contributed by atoms with Crippen LogP contribution in [0.15, 0.2) is 53.7 Å². The van der Waals surface area contributed by atoms with Gasteiger partial charge in [0.15, 0.2) is 0 Å². The van der Waals surface area contributed by atoms with Crippen LogP contribution in [0, 0.1) is 5.82 Å². The summed E-state index contributed by atoms with van der Waals surface area (Å²) in [5.41, 5.74) is -0.624. The summed E-state index contributed by atoms with van der Waals surface area (Å²) in [4.78, 5) is 7.10. The van der Waals surface area contributed by atoms with Crippen LogP contribution in [0.4, 0.5) is 23.2 Å². The van der Waals surface area contributed by atoms with E-state index < -0.39 is 32.5 Å². The lowest BCUT2D eigenvalue weighted by atomic mass is 10.2. The predicted octanol–water partition coefficient (Wildman–Crippen LogP) is 3.59. The number of halogens is 4. The summed E-state index contributed by atoms with van der Waals surface area (Å²) in [6.07, 6.45) is -2.02. The lowest BCUT2D eigenvalue weighted by Gasteiger charge is -2.12. The highest BCUT2D eigenvalue weighted by Crippen LogP contribution is 2.31. The minimum atomic E-state index is -4.78. The van der Waals surface area contributed by atoms with E-state index in [1.807, 2.05) is 0 Å². The summed E-state index contributed by atoms with van der Waals surface area (Å²) >= 11 is 0. The first-order valence-electron chi connectivity index (χ1n) is 6.78. The Hall–Kier alpha value is -2.75. The molecule has 0 amide bonds. The van der Waals surface area contributed by atoms with E-state index in [9.17, 15) is 26.0 Å². The van der Waals surface area contributed by atoms with Crippen molar-refractivity contribution in [3.63, 3.8) is 0 Å². The van der Waals surface area contributed by atoms with Crippen LogP contribution in [0.3, 0.4) is 0 Å². The van der Waals surface area contributed by atoms with Crippen LogP contribution in [0.2, 0.25) is 0 Å². The molecule has 0 spiro atoms. The first kappa shape index (κ1) is 17.1. The minimum Gasteiger partial charge on any atom is -0.277 e. The number of benzene rings is 2. The van der Waals surface area contributed by atoms with Crippen molar-refractivity contribution in [2.75, 3.05) is 4.72 Å². The van der Waals surface area contributed by atoms with Gasteiger partial charge in [-0.1, -0.05) is 6.07 Å². The number of rotatable bonds is 3. The number of sulfonamides is 1. The molecule has 1 aromatic heterocycles. The van der Waals surface area contributed by atoms with Gasteiger partial charge in [0.25, 0.3) is 10.0 Å². The normalized spacial score (nSPS) is 12.3. The van der Waals surface area contributed by atoms with E-state index in [-0.39, 0.29) is 17.3 Å². The number of hydrogen-bond donors (Lipinski definition) is 1. The lowest BCUT2D eigenvalue weighted by Crippen LogP contribution is -2.16. The van der Waals surface area contributed by atoms with E-state index in [0.29, 0.717) is 17.6 Å². The molecule has 1 N–H and O–H groups in total. The number of alkyl halides is 3. The van der Waals surface area contributed by atoms with E-state index in [2.05, 4.69) is 14.7 Å². The standard InChI is InChI=1S/C15H9F4N3O2S/c16-10-8-9(15(17,18)19)4-5-13(10)25(23,24)22-12-3-1-2-11-14(12)21-7-6-20-11/h1-8,22H. The third kappa shape index (κ3) is 3.38. The molecule has 0 aliphatic rings. The fourth-order valence-corrected chi connectivity index (χ4v) is 3.30. The Labute approximate surface area is 139 Å². The Balaban J connectivity index is 2.02. The van der Waals surface area contributed by atoms with Gasteiger partial charge in [-0.25, -0.2) is 12.8 Å². The monoisotopic (exact) mass is 371 g/mol. The van der Waals surface area contributed by atoms with Crippen molar-refractivity contribution in [1.82, 2.24) is 9.97 Å². The number of aromatic nitrogens is 2. The molecule has 0 unspecified atom stereocenters. The van der Waals surface area contributed by atoms with Gasteiger partial charge < -0.3 is 0 Å². The second kappa shape index (κ2) is 5.96. The molecule has 0 bridgehead atoms. The van der Waals surface area contributed by atoms with Gasteiger partial charge in [-0.2, -0.15) is 13.2 Å². The van der Waals surface area contributed by atoms with Crippen molar-refractivity contribution in [2.45, 2.75) is 11.1 Å². The average molecular weight is 371 g/mol. The Morgan fingerprint density at radius 3 is 2.40 bits per heavy atom. The van der Waals surface area contributed by atoms with Crippen molar-refractivity contribution < 1.29 is 26.0 Å². The van der Waals surface area contributed by atoms with Crippen LogP contribution in [0.25, 0.3) is 11.0 Å². The van der Waals surface area contributed by atoms with Gasteiger partial charge in [0.1, 0.15) is 16.2 Å². The molecular formula is C15H9F4N3O2S. The summed E-state index contributed by atoms with van der Waals surface area (Å²) in [6.45, 7) is 0. The van der Waals surface area contributed by atoms with Crippen molar-refractivity contribution >= 4 is 26.7 Å². The molecule has 25 heavy (non-hydrogen) atoms. The van der Waals surface area contributed by atoms with E-state index in [0.717, 1.165) is 0 Å². The molecule has 5 nitrogen and oxygen atoms in total. The van der Waals surface area contributed by atoms with Crippen LogP contribution < -0.4 is 4.72 Å². The van der Waals surface area contributed by atoms with E-state index in [1.165, 1.54) is 24.5 Å². The van der Waals surface area contributed by atoms with Gasteiger partial charge in [-0.05, 0) is 30.3 Å². The molecule has 0 aliphatic heterocycles. The molecule has 0 saturated carbocycles. The van der Waals surface area contributed by atoms with Gasteiger partial charge in [0.05, 0.1) is 16.8 Å². The van der Waals surface area contributed by atoms with Gasteiger partial charge in [0, 0.05) is 12.4 Å². The number of fused-ring (bicyclic) bond motifs is 1. The zero-order valence-corrected chi connectivity index (χ0v) is 13.1. The highest BCUT2D eigenvalue weighted by atomic mass is 32.2. The highest BCUT2D eigenvalue weighted by Gasteiger charge is 2.32. The Bertz CT molecular complexity index is 1050. The summed E-state index contributed by atoms with van der Waals surface area (Å²) in [5, 5.41) is 0. The van der Waals surface area contributed by atoms with Crippen molar-refractivity contribution in [3.8, 4) is 0 Å². The summed E-state index contributed by atoms with van der Waals surface area (Å²) in [7, 11) is -4.46. The first-order valence-corrected chi connectivity index (χ1v) is 8.26. The molecule has 3 rings (SSSR count). The van der Waals surface area contributed by atoms with E-state index in [1.54, 1.807) is 6.07 Å². The lowest BCUT2D eigenvalue weighted by molar-refractivity contribution is -0.137. The second-order valence-corrected chi connectivity index (χ2v) is 6.63. The number of nitrogens with zero attached hydrogens (tertiary/aromatic N) is 2. The van der Waals surface area contributed by atoms with E-state index in [4.69, 9.17) is 0 Å². The molecule has 0 radical (unpaired) electrons. The minimum absolute atomic E-state index is 0.0323. The van der Waals surface area contributed by atoms with Gasteiger partial charge in [-0.3, -0.25) is 14.7 Å². The zero-order chi connectivity index (χ0) is 18.2. The fourth-order valence-electron chi connectivity index (χ4n) is 2.17. The first-order chi connectivity index (χ1) is 11.7. The predicted molar refractivity (Wildman–Crippen MR) is 81.7 cm³/mol. The summed E-state index contributed by atoms with van der Waals surface area (Å²) in [6, 6.07) is 5.70. The molecule has 0 saturated heterocycles. The van der Waals surface area contributed by atoms with Gasteiger partial charge in [-0.15, -0.1) is 0 Å². The Morgan fingerprint density at radius 2 is 1.72 bits per heavy atom. The fraction of sp³-hybridized carbons (Fsp3) is 0.0667. The van der Waals surface area contributed by atoms with Crippen molar-refractivity contribution in [3.05, 3.63) is 60.2 Å². The third-order valence-electron chi connectivity index (χ3n) is 3.29. The highest BCUT2D eigenvalue weighted by molar-refractivity contribution is 7.92. The molecule has 3 aromatic rings. The van der Waals surface area contributed by atoms with Gasteiger partial charge >= 0.3 is 6.18 Å². The van der Waals surface area contributed by atoms with Crippen LogP contribution in [-0.2, 0) is 16.2 Å². The molecule has 0 aliphatic carbocycles. The van der Waals surface area contributed by atoms with E-state index >= 15 is 0 Å². The van der Waals surface area contributed by atoms with Crippen LogP contribution >= 0.6 is 0 Å². The summed E-state index contributed by atoms with van der Waals surface area (Å²) in [5.74, 6) is -1.51. The Morgan fingerprint density at radius 1 is 1.00 bits per heavy atom. The maximum absolute atomic E-state index is 13.9. The quantitative estimate of drug-likeness (QED) is 0.715.